The molecule has 0 aliphatic heterocycles. The fourth-order valence-electron chi connectivity index (χ4n) is 1.88. The van der Waals surface area contributed by atoms with Crippen molar-refractivity contribution in [2.45, 2.75) is 52.6 Å². The van der Waals surface area contributed by atoms with Crippen molar-refractivity contribution >= 4 is 6.03 Å². The second-order valence-corrected chi connectivity index (χ2v) is 6.76. The molecule has 0 fully saturated rings. The van der Waals surface area contributed by atoms with Crippen LogP contribution in [-0.4, -0.2) is 55.4 Å². The molecule has 2 amide bonds. The van der Waals surface area contributed by atoms with Crippen LogP contribution in [0.1, 0.15) is 40.5 Å². The number of aliphatic hydroxyl groups excluding tert-OH is 1. The van der Waals surface area contributed by atoms with Crippen molar-refractivity contribution in [3.05, 3.63) is 0 Å². The van der Waals surface area contributed by atoms with Crippen molar-refractivity contribution in [3.8, 4) is 0 Å². The lowest BCUT2D eigenvalue weighted by atomic mass is 9.88. The first-order valence-electron chi connectivity index (χ1n) is 6.96. The molecular formula is C14H31N3O2. The molecule has 0 saturated heterocycles. The lowest BCUT2D eigenvalue weighted by molar-refractivity contribution is 0.189. The summed E-state index contributed by atoms with van der Waals surface area (Å²) in [5.41, 5.74) is 0.0806. The summed E-state index contributed by atoms with van der Waals surface area (Å²) in [4.78, 5) is 13.9. The molecule has 5 heteroatoms. The Morgan fingerprint density at radius 1 is 1.26 bits per heavy atom. The van der Waals surface area contributed by atoms with Crippen LogP contribution in [-0.2, 0) is 0 Å². The summed E-state index contributed by atoms with van der Waals surface area (Å²) >= 11 is 0. The van der Waals surface area contributed by atoms with E-state index in [0.717, 1.165) is 19.4 Å². The van der Waals surface area contributed by atoms with Gasteiger partial charge in [-0.1, -0.05) is 20.8 Å². The number of rotatable bonds is 7. The van der Waals surface area contributed by atoms with Crippen molar-refractivity contribution < 1.29 is 9.90 Å². The molecule has 0 saturated carbocycles. The predicted octanol–water partition coefficient (Wildman–Crippen LogP) is 1.42. The highest BCUT2D eigenvalue weighted by molar-refractivity contribution is 5.74. The molecule has 5 nitrogen and oxygen atoms in total. The molecular weight excluding hydrogens is 242 g/mol. The SMILES string of the molecule is CC(CCN(C)C)NC(=O)NC(CO)CC(C)(C)C. The molecule has 0 aromatic heterocycles. The lowest BCUT2D eigenvalue weighted by Gasteiger charge is -2.26. The summed E-state index contributed by atoms with van der Waals surface area (Å²) in [5.74, 6) is 0. The monoisotopic (exact) mass is 273 g/mol. The van der Waals surface area contributed by atoms with Crippen LogP contribution in [0.5, 0.6) is 0 Å². The summed E-state index contributed by atoms with van der Waals surface area (Å²) in [6.45, 7) is 9.17. The minimum atomic E-state index is -0.199. The molecule has 0 aliphatic rings. The van der Waals surface area contributed by atoms with Crippen molar-refractivity contribution in [2.75, 3.05) is 27.2 Å². The van der Waals surface area contributed by atoms with Gasteiger partial charge in [-0.05, 0) is 45.8 Å². The van der Waals surface area contributed by atoms with Gasteiger partial charge >= 0.3 is 6.03 Å². The van der Waals surface area contributed by atoms with Crippen molar-refractivity contribution in [3.63, 3.8) is 0 Å². The second-order valence-electron chi connectivity index (χ2n) is 6.76. The van der Waals surface area contributed by atoms with E-state index in [2.05, 4.69) is 36.3 Å². The number of hydrogen-bond donors (Lipinski definition) is 3. The van der Waals surface area contributed by atoms with Gasteiger partial charge in [0.25, 0.3) is 0 Å². The number of amides is 2. The van der Waals surface area contributed by atoms with Crippen LogP contribution in [0.15, 0.2) is 0 Å². The normalized spacial score (nSPS) is 15.2. The summed E-state index contributed by atoms with van der Waals surface area (Å²) in [6, 6.07) is -0.271. The fraction of sp³-hybridized carbons (Fsp3) is 0.929. The molecule has 0 aliphatic carbocycles. The Balaban J connectivity index is 4.06. The maximum atomic E-state index is 11.8. The number of aliphatic hydroxyl groups is 1. The van der Waals surface area contributed by atoms with Crippen molar-refractivity contribution in [1.82, 2.24) is 15.5 Å². The van der Waals surface area contributed by atoms with E-state index in [9.17, 15) is 9.90 Å². The zero-order chi connectivity index (χ0) is 15.1. The Labute approximate surface area is 117 Å². The summed E-state index contributed by atoms with van der Waals surface area (Å²) in [5, 5.41) is 15.0. The Morgan fingerprint density at radius 3 is 2.26 bits per heavy atom. The van der Waals surface area contributed by atoms with E-state index in [1.54, 1.807) is 0 Å². The molecule has 2 unspecified atom stereocenters. The average molecular weight is 273 g/mol. The Bertz CT molecular complexity index is 262. The van der Waals surface area contributed by atoms with Gasteiger partial charge in [0.1, 0.15) is 0 Å². The molecule has 3 N–H and O–H groups in total. The number of hydrogen-bond acceptors (Lipinski definition) is 3. The number of urea groups is 1. The van der Waals surface area contributed by atoms with Crippen molar-refractivity contribution in [1.29, 1.82) is 0 Å². The first kappa shape index (κ1) is 18.2. The Kier molecular flexibility index (Phi) is 8.02. The molecule has 2 atom stereocenters. The van der Waals surface area contributed by atoms with E-state index < -0.39 is 0 Å². The topological polar surface area (TPSA) is 64.6 Å². The maximum absolute atomic E-state index is 11.8. The summed E-state index contributed by atoms with van der Waals surface area (Å²) in [6.07, 6.45) is 1.66. The third-order valence-electron chi connectivity index (χ3n) is 2.80. The van der Waals surface area contributed by atoms with Crippen LogP contribution in [0.3, 0.4) is 0 Å². The van der Waals surface area contributed by atoms with Crippen LogP contribution in [0, 0.1) is 5.41 Å². The van der Waals surface area contributed by atoms with Gasteiger partial charge in [-0.3, -0.25) is 0 Å². The minimum Gasteiger partial charge on any atom is -0.394 e. The maximum Gasteiger partial charge on any atom is 0.315 e. The molecule has 0 aromatic carbocycles. The van der Waals surface area contributed by atoms with Crippen LogP contribution < -0.4 is 10.6 Å². The van der Waals surface area contributed by atoms with Gasteiger partial charge < -0.3 is 20.6 Å². The first-order chi connectivity index (χ1) is 8.64. The second kappa shape index (κ2) is 8.38. The largest absolute Gasteiger partial charge is 0.394 e. The zero-order valence-corrected chi connectivity index (χ0v) is 13.3. The predicted molar refractivity (Wildman–Crippen MR) is 79.2 cm³/mol. The highest BCUT2D eigenvalue weighted by Crippen LogP contribution is 2.20. The molecule has 0 radical (unpaired) electrons. The smallest absolute Gasteiger partial charge is 0.315 e. The van der Waals surface area contributed by atoms with Gasteiger partial charge in [0.2, 0.25) is 0 Å². The Hall–Kier alpha value is -0.810. The standard InChI is InChI=1S/C14H31N3O2/c1-11(7-8-17(5)6)15-13(19)16-12(10-18)9-14(2,3)4/h11-12,18H,7-10H2,1-6H3,(H2,15,16,19). The van der Waals surface area contributed by atoms with E-state index in [0.29, 0.717) is 0 Å². The molecule has 0 bridgehead atoms. The van der Waals surface area contributed by atoms with E-state index in [1.165, 1.54) is 0 Å². The molecule has 0 aromatic rings. The van der Waals surface area contributed by atoms with E-state index in [-0.39, 0.29) is 30.1 Å². The molecule has 114 valence electrons. The molecule has 0 spiro atoms. The third kappa shape index (κ3) is 10.8. The summed E-state index contributed by atoms with van der Waals surface area (Å²) < 4.78 is 0. The molecule has 19 heavy (non-hydrogen) atoms. The van der Waals surface area contributed by atoms with Gasteiger partial charge in [-0.2, -0.15) is 0 Å². The van der Waals surface area contributed by atoms with Crippen LogP contribution >= 0.6 is 0 Å². The summed E-state index contributed by atoms with van der Waals surface area (Å²) in [7, 11) is 4.02. The van der Waals surface area contributed by atoms with Gasteiger partial charge in [0.05, 0.1) is 12.6 Å². The zero-order valence-electron chi connectivity index (χ0n) is 13.3. The van der Waals surface area contributed by atoms with E-state index >= 15 is 0 Å². The third-order valence-corrected chi connectivity index (χ3v) is 2.80. The fourth-order valence-corrected chi connectivity index (χ4v) is 1.88. The van der Waals surface area contributed by atoms with E-state index in [4.69, 9.17) is 0 Å². The van der Waals surface area contributed by atoms with E-state index in [1.807, 2.05) is 21.0 Å². The van der Waals surface area contributed by atoms with Crippen LogP contribution in [0.2, 0.25) is 0 Å². The quantitative estimate of drug-likeness (QED) is 0.657. The first-order valence-corrected chi connectivity index (χ1v) is 6.96. The Morgan fingerprint density at radius 2 is 1.84 bits per heavy atom. The minimum absolute atomic E-state index is 0.0310. The van der Waals surface area contributed by atoms with Crippen LogP contribution in [0.4, 0.5) is 4.79 Å². The van der Waals surface area contributed by atoms with Gasteiger partial charge in [0, 0.05) is 6.04 Å². The highest BCUT2D eigenvalue weighted by atomic mass is 16.3. The molecule has 0 heterocycles. The number of carbonyl (C=O) groups is 1. The molecule has 0 rings (SSSR count). The number of carbonyl (C=O) groups excluding carboxylic acids is 1. The highest BCUT2D eigenvalue weighted by Gasteiger charge is 2.20. The number of nitrogens with one attached hydrogen (secondary N) is 2. The average Bonchev–Trinajstić information content (AvgIpc) is 2.23. The van der Waals surface area contributed by atoms with Crippen molar-refractivity contribution in [2.24, 2.45) is 5.41 Å². The van der Waals surface area contributed by atoms with Gasteiger partial charge in [0.15, 0.2) is 0 Å². The van der Waals surface area contributed by atoms with Gasteiger partial charge in [-0.25, -0.2) is 4.79 Å². The lowest BCUT2D eigenvalue weighted by Crippen LogP contribution is -2.48. The van der Waals surface area contributed by atoms with Gasteiger partial charge in [-0.15, -0.1) is 0 Å². The van der Waals surface area contributed by atoms with Crippen LogP contribution in [0.25, 0.3) is 0 Å². The number of nitrogens with zero attached hydrogens (tertiary/aromatic N) is 1.